The predicted octanol–water partition coefficient (Wildman–Crippen LogP) is 6.89. The highest BCUT2D eigenvalue weighted by atomic mass is 19.4. The lowest BCUT2D eigenvalue weighted by Crippen LogP contribution is -2.38. The Balaban J connectivity index is 1.30. The Labute approximate surface area is 235 Å². The SMILES string of the molecule is CC(C)N1CCOc2c(F)cc(-c3nc(Cc4ccc(C5CCN(CCC(F)(F)F)CC5)c(F)c4)ncc3F)cc21. The van der Waals surface area contributed by atoms with Crippen LogP contribution < -0.4 is 9.64 Å². The molecule has 0 bridgehead atoms. The molecule has 220 valence electrons. The molecule has 1 saturated heterocycles. The number of fused-ring (bicyclic) bond motifs is 1. The van der Waals surface area contributed by atoms with Crippen molar-refractivity contribution in [2.45, 2.75) is 57.7 Å². The van der Waals surface area contributed by atoms with Crippen LogP contribution in [0.1, 0.15) is 56.0 Å². The largest absolute Gasteiger partial charge is 0.486 e. The average molecular weight is 579 g/mol. The highest BCUT2D eigenvalue weighted by Gasteiger charge is 2.30. The van der Waals surface area contributed by atoms with E-state index in [4.69, 9.17) is 4.74 Å². The lowest BCUT2D eigenvalue weighted by molar-refractivity contribution is -0.138. The van der Waals surface area contributed by atoms with E-state index < -0.39 is 30.0 Å². The maximum atomic E-state index is 15.1. The summed E-state index contributed by atoms with van der Waals surface area (Å²) in [4.78, 5) is 12.2. The molecule has 0 amide bonds. The number of likely N-dealkylation sites (tertiary alicyclic amines) is 1. The predicted molar refractivity (Wildman–Crippen MR) is 144 cm³/mol. The Hall–Kier alpha value is -3.34. The van der Waals surface area contributed by atoms with Gasteiger partial charge >= 0.3 is 6.18 Å². The van der Waals surface area contributed by atoms with Gasteiger partial charge < -0.3 is 14.5 Å². The molecular weight excluding hydrogens is 546 g/mol. The third-order valence-electron chi connectivity index (χ3n) is 7.77. The summed E-state index contributed by atoms with van der Waals surface area (Å²) in [5.74, 6) is -1.40. The third kappa shape index (κ3) is 6.77. The number of alkyl halides is 3. The molecule has 41 heavy (non-hydrogen) atoms. The average Bonchev–Trinajstić information content (AvgIpc) is 2.92. The van der Waals surface area contributed by atoms with Crippen LogP contribution in [0.15, 0.2) is 36.5 Å². The van der Waals surface area contributed by atoms with Gasteiger partial charge in [-0.05, 0) is 75.0 Å². The molecular formula is C30H32F6N4O. The van der Waals surface area contributed by atoms with E-state index in [0.29, 0.717) is 55.9 Å². The first-order valence-corrected chi connectivity index (χ1v) is 13.8. The molecule has 2 aliphatic rings. The number of piperidine rings is 1. The molecule has 0 aliphatic carbocycles. The molecule has 11 heteroatoms. The van der Waals surface area contributed by atoms with E-state index in [1.54, 1.807) is 23.1 Å². The molecule has 2 aromatic carbocycles. The normalized spacial score (nSPS) is 16.7. The molecule has 0 radical (unpaired) electrons. The second kappa shape index (κ2) is 11.9. The quantitative estimate of drug-likeness (QED) is 0.286. The number of halogens is 6. The maximum Gasteiger partial charge on any atom is 0.390 e. The third-order valence-corrected chi connectivity index (χ3v) is 7.77. The highest BCUT2D eigenvalue weighted by Crippen LogP contribution is 2.39. The summed E-state index contributed by atoms with van der Waals surface area (Å²) in [5, 5.41) is 0. The topological polar surface area (TPSA) is 41.5 Å². The van der Waals surface area contributed by atoms with Crippen LogP contribution in [-0.4, -0.2) is 59.9 Å². The number of hydrogen-bond donors (Lipinski definition) is 0. The molecule has 3 aromatic rings. The van der Waals surface area contributed by atoms with E-state index in [1.807, 2.05) is 18.7 Å². The number of hydrogen-bond acceptors (Lipinski definition) is 5. The molecule has 0 saturated carbocycles. The van der Waals surface area contributed by atoms with Crippen LogP contribution in [0.4, 0.5) is 32.0 Å². The van der Waals surface area contributed by atoms with Crippen LogP contribution in [0.2, 0.25) is 0 Å². The lowest BCUT2D eigenvalue weighted by Gasteiger charge is -2.34. The molecule has 5 rings (SSSR count). The summed E-state index contributed by atoms with van der Waals surface area (Å²) in [6.45, 7) is 5.81. The first kappa shape index (κ1) is 29.2. The van der Waals surface area contributed by atoms with E-state index in [1.165, 1.54) is 12.1 Å². The van der Waals surface area contributed by atoms with Gasteiger partial charge in [-0.15, -0.1) is 0 Å². The van der Waals surface area contributed by atoms with Crippen LogP contribution in [0.3, 0.4) is 0 Å². The number of rotatable bonds is 7. The summed E-state index contributed by atoms with van der Waals surface area (Å²) in [7, 11) is 0. The number of aromatic nitrogens is 2. The number of ether oxygens (including phenoxy) is 1. The van der Waals surface area contributed by atoms with Crippen LogP contribution in [0, 0.1) is 17.5 Å². The molecule has 0 N–H and O–H groups in total. The first-order valence-electron chi connectivity index (χ1n) is 13.8. The Morgan fingerprint density at radius 1 is 0.976 bits per heavy atom. The zero-order valence-electron chi connectivity index (χ0n) is 22.9. The minimum Gasteiger partial charge on any atom is -0.486 e. The van der Waals surface area contributed by atoms with Crippen molar-refractivity contribution in [3.63, 3.8) is 0 Å². The van der Waals surface area contributed by atoms with Crippen molar-refractivity contribution in [3.05, 3.63) is 70.9 Å². The van der Waals surface area contributed by atoms with Gasteiger partial charge in [0.05, 0.1) is 24.8 Å². The summed E-state index contributed by atoms with van der Waals surface area (Å²) in [6, 6.07) is 7.80. The molecule has 5 nitrogen and oxygen atoms in total. The van der Waals surface area contributed by atoms with Crippen LogP contribution in [0.5, 0.6) is 5.75 Å². The molecule has 1 fully saturated rings. The van der Waals surface area contributed by atoms with Crippen molar-refractivity contribution in [3.8, 4) is 17.0 Å². The van der Waals surface area contributed by atoms with Crippen molar-refractivity contribution < 1.29 is 31.1 Å². The second-order valence-electron chi connectivity index (χ2n) is 10.9. The minimum atomic E-state index is -4.19. The highest BCUT2D eigenvalue weighted by molar-refractivity contribution is 5.72. The van der Waals surface area contributed by atoms with Gasteiger partial charge in [-0.2, -0.15) is 13.2 Å². The van der Waals surface area contributed by atoms with E-state index in [9.17, 15) is 22.0 Å². The van der Waals surface area contributed by atoms with Gasteiger partial charge in [-0.3, -0.25) is 0 Å². The van der Waals surface area contributed by atoms with Gasteiger partial charge in [0.1, 0.15) is 23.9 Å². The van der Waals surface area contributed by atoms with Crippen molar-refractivity contribution in [2.75, 3.05) is 37.7 Å². The summed E-state index contributed by atoms with van der Waals surface area (Å²) >= 11 is 0. The van der Waals surface area contributed by atoms with Crippen molar-refractivity contribution >= 4 is 5.69 Å². The van der Waals surface area contributed by atoms with E-state index in [-0.39, 0.29) is 47.8 Å². The fourth-order valence-electron chi connectivity index (χ4n) is 5.61. The second-order valence-corrected chi connectivity index (χ2v) is 10.9. The molecule has 3 heterocycles. The van der Waals surface area contributed by atoms with Crippen molar-refractivity contribution in [1.29, 1.82) is 0 Å². The van der Waals surface area contributed by atoms with E-state index >= 15 is 4.39 Å². The van der Waals surface area contributed by atoms with Gasteiger partial charge in [0.2, 0.25) is 0 Å². The Morgan fingerprint density at radius 2 is 1.73 bits per heavy atom. The monoisotopic (exact) mass is 578 g/mol. The van der Waals surface area contributed by atoms with Crippen LogP contribution >= 0.6 is 0 Å². The zero-order chi connectivity index (χ0) is 29.3. The first-order chi connectivity index (χ1) is 19.5. The fraction of sp³-hybridized carbons (Fsp3) is 0.467. The van der Waals surface area contributed by atoms with Crippen molar-refractivity contribution in [2.24, 2.45) is 0 Å². The Morgan fingerprint density at radius 3 is 2.41 bits per heavy atom. The number of anilines is 1. The molecule has 0 unspecified atom stereocenters. The minimum absolute atomic E-state index is 0.0425. The van der Waals surface area contributed by atoms with Gasteiger partial charge in [0, 0.05) is 24.6 Å². The molecule has 1 aromatic heterocycles. The summed E-state index contributed by atoms with van der Waals surface area (Å²) < 4.78 is 88.0. The maximum absolute atomic E-state index is 15.1. The fourth-order valence-corrected chi connectivity index (χ4v) is 5.61. The Kier molecular flexibility index (Phi) is 8.45. The van der Waals surface area contributed by atoms with Crippen LogP contribution in [-0.2, 0) is 6.42 Å². The standard InChI is InChI=1S/C30H32F6N4O/c1-18(2)40-11-12-41-29-24(32)15-21(16-26(29)40)28-25(33)17-37-27(38-28)14-19-3-4-22(23(31)13-19)20-5-8-39(9-6-20)10-7-30(34,35)36/h3-4,13,15-18,20H,5-12,14H2,1-2H3. The number of nitrogens with zero attached hydrogens (tertiary/aromatic N) is 4. The molecule has 0 spiro atoms. The van der Waals surface area contributed by atoms with E-state index in [0.717, 1.165) is 6.20 Å². The molecule has 0 atom stereocenters. The molecule has 2 aliphatic heterocycles. The van der Waals surface area contributed by atoms with Gasteiger partial charge in [0.15, 0.2) is 17.4 Å². The lowest BCUT2D eigenvalue weighted by atomic mass is 9.88. The number of benzene rings is 2. The van der Waals surface area contributed by atoms with Crippen molar-refractivity contribution in [1.82, 2.24) is 14.9 Å². The Bertz CT molecular complexity index is 1390. The summed E-state index contributed by atoms with van der Waals surface area (Å²) in [6.07, 6.45) is -2.71. The summed E-state index contributed by atoms with van der Waals surface area (Å²) in [5.41, 5.74) is 1.85. The zero-order valence-corrected chi connectivity index (χ0v) is 22.9. The van der Waals surface area contributed by atoms with Gasteiger partial charge in [-0.25, -0.2) is 23.1 Å². The smallest absolute Gasteiger partial charge is 0.390 e. The van der Waals surface area contributed by atoms with Crippen LogP contribution in [0.25, 0.3) is 11.3 Å². The van der Waals surface area contributed by atoms with E-state index in [2.05, 4.69) is 9.97 Å². The van der Waals surface area contributed by atoms with Gasteiger partial charge in [0.25, 0.3) is 0 Å². The van der Waals surface area contributed by atoms with Gasteiger partial charge in [-0.1, -0.05) is 12.1 Å².